The molecule has 1 fully saturated rings. The topological polar surface area (TPSA) is 233 Å². The average molecular weight is 693 g/mol. The number of hydrogen-bond acceptors (Lipinski definition) is 5. The van der Waals surface area contributed by atoms with Gasteiger partial charge < -0.3 is 0 Å². The fourth-order valence-electron chi connectivity index (χ4n) is 4.49. The van der Waals surface area contributed by atoms with Gasteiger partial charge in [0, 0.05) is 0 Å². The van der Waals surface area contributed by atoms with Crippen LogP contribution in [-0.2, 0) is 15.0 Å². The van der Waals surface area contributed by atoms with E-state index in [1.54, 1.807) is 27.7 Å². The van der Waals surface area contributed by atoms with Crippen molar-refractivity contribution < 1.29 is 47.7 Å². The quantitative estimate of drug-likeness (QED) is 0.119. The first-order valence-corrected chi connectivity index (χ1v) is 23.3. The summed E-state index contributed by atoms with van der Waals surface area (Å²) in [6.45, 7) is 6.39. The molecule has 1 rings (SSSR count). The first-order chi connectivity index (χ1) is 12.9. The Morgan fingerprint density at radius 1 is 0.733 bits per heavy atom. The number of nitrogens with zero attached hydrogens (tertiary/aromatic N) is 1. The Morgan fingerprint density at radius 2 is 1.13 bits per heavy atom. The number of likely N-dealkylation sites (tertiary alicyclic amines) is 1. The van der Waals surface area contributed by atoms with E-state index >= 15 is 0 Å². The average Bonchev–Trinajstić information content (AvgIpc) is 2.38. The Balaban J connectivity index is 3.91. The standard InChI is InChI=1S/C13H31As4NO12/c1-12(2)6-5-7-13(3,4)18(12)11(17(28,29)30)10(16(25,26)27)9(15(22,23)24)8-14(19,20)21/h9-11H,5-8H2,1-4H3,(H2,19,20,21)(H2,22,23,24)(H2,25,26,27)(H2,28,29,30). The van der Waals surface area contributed by atoms with Crippen LogP contribution in [0.5, 0.6) is 0 Å². The molecular weight excluding hydrogens is 662 g/mol. The first-order valence-electron chi connectivity index (χ1n) is 8.91. The predicted molar refractivity (Wildman–Crippen MR) is 103 cm³/mol. The molecule has 1 heterocycles. The van der Waals surface area contributed by atoms with E-state index in [1.165, 1.54) is 4.90 Å². The second-order valence-electron chi connectivity index (χ2n) is 8.93. The van der Waals surface area contributed by atoms with Gasteiger partial charge in [-0.25, -0.2) is 0 Å². The van der Waals surface area contributed by atoms with Crippen LogP contribution in [0.1, 0.15) is 47.0 Å². The van der Waals surface area contributed by atoms with Crippen molar-refractivity contribution in [1.82, 2.24) is 4.90 Å². The monoisotopic (exact) mass is 693 g/mol. The molecule has 0 aromatic heterocycles. The number of piperidine rings is 1. The molecule has 180 valence electrons. The summed E-state index contributed by atoms with van der Waals surface area (Å²) in [6, 6.07) is 0. The van der Waals surface area contributed by atoms with E-state index in [-0.39, 0.29) is 0 Å². The Bertz CT molecular complexity index is 804. The van der Waals surface area contributed by atoms with E-state index in [2.05, 4.69) is 0 Å². The van der Waals surface area contributed by atoms with Crippen LogP contribution in [0.25, 0.3) is 0 Å². The number of hydrogen-bond donors (Lipinski definition) is 8. The molecule has 0 radical (unpaired) electrons. The molecule has 3 unspecified atom stereocenters. The van der Waals surface area contributed by atoms with Crippen LogP contribution in [-0.4, -0.2) is 110 Å². The van der Waals surface area contributed by atoms with Crippen LogP contribution in [0.3, 0.4) is 0 Å². The van der Waals surface area contributed by atoms with E-state index in [4.69, 9.17) is 0 Å². The SMILES string of the molecule is CC1(C)CCCC(C)(C)N1C(C(C(C[As](=O)(O)O)[As](=O)(O)O)[As](=O)(O)O)[As](=O)(O)O. The summed E-state index contributed by atoms with van der Waals surface area (Å²) >= 11 is -24.9. The second-order valence-corrected chi connectivity index (χ2v) is 23.7. The van der Waals surface area contributed by atoms with Crippen LogP contribution in [0.4, 0.5) is 0 Å². The molecule has 13 nitrogen and oxygen atoms in total. The molecule has 8 N–H and O–H groups in total. The summed E-state index contributed by atoms with van der Waals surface area (Å²) < 4.78 is 122. The molecule has 1 aliphatic heterocycles. The van der Waals surface area contributed by atoms with Crippen LogP contribution < -0.4 is 0 Å². The van der Waals surface area contributed by atoms with Gasteiger partial charge in [-0.05, 0) is 0 Å². The van der Waals surface area contributed by atoms with Crippen molar-refractivity contribution in [3.63, 3.8) is 0 Å². The molecule has 0 aliphatic carbocycles. The van der Waals surface area contributed by atoms with Gasteiger partial charge in [0.05, 0.1) is 0 Å². The van der Waals surface area contributed by atoms with Crippen molar-refractivity contribution in [3.8, 4) is 0 Å². The van der Waals surface area contributed by atoms with E-state index in [9.17, 15) is 47.7 Å². The maximum atomic E-state index is 12.6. The molecule has 0 aromatic carbocycles. The van der Waals surface area contributed by atoms with Gasteiger partial charge in [0.1, 0.15) is 0 Å². The Labute approximate surface area is 185 Å². The molecule has 3 atom stereocenters. The van der Waals surface area contributed by atoms with Crippen molar-refractivity contribution in [1.29, 1.82) is 0 Å². The minimum absolute atomic E-state index is 0.386. The summed E-state index contributed by atoms with van der Waals surface area (Å²) in [5, 5.41) is -1.54. The van der Waals surface area contributed by atoms with Crippen molar-refractivity contribution in [2.75, 3.05) is 0 Å². The number of rotatable bonds is 8. The van der Waals surface area contributed by atoms with E-state index in [0.29, 0.717) is 19.3 Å². The first kappa shape index (κ1) is 29.1. The van der Waals surface area contributed by atoms with Crippen LogP contribution in [0.15, 0.2) is 0 Å². The third kappa shape index (κ3) is 7.29. The Kier molecular flexibility index (Phi) is 8.76. The third-order valence-electron chi connectivity index (χ3n) is 5.44. The molecule has 17 heteroatoms. The van der Waals surface area contributed by atoms with Crippen molar-refractivity contribution in [2.24, 2.45) is 0 Å². The molecule has 0 bridgehead atoms. The van der Waals surface area contributed by atoms with Crippen molar-refractivity contribution >= 4 is 56.7 Å². The summed E-state index contributed by atoms with van der Waals surface area (Å²) in [5.74, 6) is 0. The van der Waals surface area contributed by atoms with Crippen molar-refractivity contribution in [3.05, 3.63) is 0 Å². The molecular formula is C13H31As4NO12. The molecule has 1 saturated heterocycles. The van der Waals surface area contributed by atoms with Crippen LogP contribution in [0, 0.1) is 0 Å². The van der Waals surface area contributed by atoms with Gasteiger partial charge in [-0.2, -0.15) is 0 Å². The normalized spacial score (nSPS) is 24.3. The predicted octanol–water partition coefficient (Wildman–Crippen LogP) is -2.91. The molecule has 0 saturated carbocycles. The van der Waals surface area contributed by atoms with Gasteiger partial charge in [0.15, 0.2) is 0 Å². The maximum absolute atomic E-state index is 12.6. The zero-order chi connectivity index (χ0) is 24.1. The summed E-state index contributed by atoms with van der Waals surface area (Å²) in [5.41, 5.74) is -2.03. The summed E-state index contributed by atoms with van der Waals surface area (Å²) in [7, 11) is 0. The molecule has 1 aliphatic rings. The molecule has 0 spiro atoms. The minimum atomic E-state index is -6.43. The van der Waals surface area contributed by atoms with E-state index in [1.807, 2.05) is 0 Å². The fraction of sp³-hybridized carbons (Fsp3) is 1.00. The Morgan fingerprint density at radius 3 is 1.40 bits per heavy atom. The van der Waals surface area contributed by atoms with Gasteiger partial charge in [-0.15, -0.1) is 0 Å². The zero-order valence-electron chi connectivity index (χ0n) is 17.0. The van der Waals surface area contributed by atoms with E-state index < -0.39 is 87.2 Å². The van der Waals surface area contributed by atoms with Gasteiger partial charge >= 0.3 is 187 Å². The summed E-state index contributed by atoms with van der Waals surface area (Å²) in [4.78, 5) is -1.08. The van der Waals surface area contributed by atoms with Gasteiger partial charge in [-0.3, -0.25) is 0 Å². The van der Waals surface area contributed by atoms with Crippen LogP contribution in [0.2, 0.25) is 14.6 Å². The molecule has 30 heavy (non-hydrogen) atoms. The zero-order valence-corrected chi connectivity index (χ0v) is 24.5. The molecule has 0 aromatic rings. The van der Waals surface area contributed by atoms with Gasteiger partial charge in [0.25, 0.3) is 0 Å². The second kappa shape index (κ2) is 9.02. The van der Waals surface area contributed by atoms with Gasteiger partial charge in [-0.1, -0.05) is 0 Å². The van der Waals surface area contributed by atoms with Crippen molar-refractivity contribution in [2.45, 2.75) is 77.5 Å². The fourth-order valence-corrected chi connectivity index (χ4v) is 26.6. The van der Waals surface area contributed by atoms with E-state index in [0.717, 1.165) is 0 Å². The Hall–Kier alpha value is 1.07. The summed E-state index contributed by atoms with van der Waals surface area (Å²) in [6.07, 6.45) is 1.41. The molecule has 0 amide bonds. The third-order valence-corrected chi connectivity index (χ3v) is 19.3. The van der Waals surface area contributed by atoms with Gasteiger partial charge in [0.2, 0.25) is 0 Å². The van der Waals surface area contributed by atoms with Crippen LogP contribution >= 0.6 is 0 Å².